The van der Waals surface area contributed by atoms with Gasteiger partial charge in [0.2, 0.25) is 5.91 Å². The number of methoxy groups -OCH3 is 1. The number of amides is 1. The second-order valence-electron chi connectivity index (χ2n) is 5.97. The second kappa shape index (κ2) is 6.56. The van der Waals surface area contributed by atoms with Crippen LogP contribution in [0.15, 0.2) is 6.07 Å². The minimum absolute atomic E-state index is 0.00243. The number of nitrogens with one attached hydrogen (secondary N) is 1. The number of ether oxygens (including phenoxy) is 1. The van der Waals surface area contributed by atoms with Crippen molar-refractivity contribution in [2.45, 2.75) is 32.2 Å². The average Bonchev–Trinajstić information content (AvgIpc) is 3.31. The van der Waals surface area contributed by atoms with Crippen LogP contribution in [0.1, 0.15) is 40.5 Å². The maximum atomic E-state index is 12.1. The fourth-order valence-corrected chi connectivity index (χ4v) is 2.73. The fourth-order valence-electron chi connectivity index (χ4n) is 2.73. The van der Waals surface area contributed by atoms with E-state index in [9.17, 15) is 14.7 Å². The van der Waals surface area contributed by atoms with Crippen molar-refractivity contribution < 1.29 is 19.4 Å². The van der Waals surface area contributed by atoms with Gasteiger partial charge in [0.05, 0.1) is 23.3 Å². The van der Waals surface area contributed by atoms with E-state index in [0.717, 1.165) is 18.5 Å². The molecule has 0 aliphatic heterocycles. The average molecular weight is 332 g/mol. The number of pyridine rings is 1. The van der Waals surface area contributed by atoms with Gasteiger partial charge >= 0.3 is 5.97 Å². The van der Waals surface area contributed by atoms with E-state index < -0.39 is 5.97 Å². The summed E-state index contributed by atoms with van der Waals surface area (Å²) in [6.07, 6.45) is 1.97. The van der Waals surface area contributed by atoms with E-state index in [1.54, 1.807) is 20.1 Å². The lowest BCUT2D eigenvalue weighted by Gasteiger charge is -2.06. The quantitative estimate of drug-likeness (QED) is 0.735. The number of fused-ring (bicyclic) bond motifs is 1. The molecule has 8 heteroatoms. The molecule has 0 spiro atoms. The van der Waals surface area contributed by atoms with Crippen molar-refractivity contribution in [3.8, 4) is 0 Å². The molecule has 8 nitrogen and oxygen atoms in total. The summed E-state index contributed by atoms with van der Waals surface area (Å²) >= 11 is 0. The van der Waals surface area contributed by atoms with Gasteiger partial charge in [0.25, 0.3) is 0 Å². The van der Waals surface area contributed by atoms with Crippen LogP contribution < -0.4 is 5.32 Å². The van der Waals surface area contributed by atoms with Gasteiger partial charge in [-0.3, -0.25) is 4.79 Å². The Hall–Kier alpha value is -2.48. The van der Waals surface area contributed by atoms with Crippen molar-refractivity contribution in [3.05, 3.63) is 23.0 Å². The Kier molecular flexibility index (Phi) is 4.48. The second-order valence-corrected chi connectivity index (χ2v) is 5.97. The number of carboxylic acid groups (broad SMARTS) is 1. The molecular weight excluding hydrogens is 312 g/mol. The minimum Gasteiger partial charge on any atom is -0.478 e. The summed E-state index contributed by atoms with van der Waals surface area (Å²) in [5.74, 6) is -0.955. The summed E-state index contributed by atoms with van der Waals surface area (Å²) in [4.78, 5) is 28.1. The molecule has 2 heterocycles. The van der Waals surface area contributed by atoms with Crippen LogP contribution in [0.3, 0.4) is 0 Å². The van der Waals surface area contributed by atoms with E-state index in [4.69, 9.17) is 4.74 Å². The molecule has 0 bridgehead atoms. The fraction of sp³-hybridized carbons (Fsp3) is 0.500. The molecule has 1 saturated carbocycles. The molecule has 128 valence electrons. The number of nitrogens with zero attached hydrogens (tertiary/aromatic N) is 3. The first-order chi connectivity index (χ1) is 11.5. The van der Waals surface area contributed by atoms with Crippen LogP contribution in [0.4, 0.5) is 0 Å². The van der Waals surface area contributed by atoms with Gasteiger partial charge in [0.15, 0.2) is 5.65 Å². The van der Waals surface area contributed by atoms with Crippen LogP contribution in [0.2, 0.25) is 0 Å². The van der Waals surface area contributed by atoms with Crippen molar-refractivity contribution in [3.63, 3.8) is 0 Å². The van der Waals surface area contributed by atoms with Crippen LogP contribution >= 0.6 is 0 Å². The zero-order valence-corrected chi connectivity index (χ0v) is 13.7. The van der Waals surface area contributed by atoms with Crippen LogP contribution in [0.25, 0.3) is 11.0 Å². The monoisotopic (exact) mass is 332 g/mol. The SMILES string of the molecule is COCCNC(=O)Cn1nc(C2CC2)c2c(C(=O)O)cc(C)nc21. The molecule has 2 N–H and O–H groups in total. The molecule has 3 rings (SSSR count). The standard InChI is InChI=1S/C16H20N4O4/c1-9-7-11(16(22)23)13-14(10-3-4-10)19-20(15(13)18-9)8-12(21)17-5-6-24-2/h7,10H,3-6,8H2,1-2H3,(H,17,21)(H,22,23). The number of hydrogen-bond acceptors (Lipinski definition) is 5. The summed E-state index contributed by atoms with van der Waals surface area (Å²) < 4.78 is 6.40. The smallest absolute Gasteiger partial charge is 0.336 e. The van der Waals surface area contributed by atoms with Crippen LogP contribution in [0.5, 0.6) is 0 Å². The Bertz CT molecular complexity index is 795. The van der Waals surface area contributed by atoms with Gasteiger partial charge in [0.1, 0.15) is 6.54 Å². The lowest BCUT2D eigenvalue weighted by atomic mass is 10.1. The van der Waals surface area contributed by atoms with Gasteiger partial charge in [-0.25, -0.2) is 14.5 Å². The number of rotatable bonds is 7. The van der Waals surface area contributed by atoms with Gasteiger partial charge < -0.3 is 15.2 Å². The number of hydrogen-bond donors (Lipinski definition) is 2. The lowest BCUT2D eigenvalue weighted by molar-refractivity contribution is -0.121. The molecule has 2 aromatic rings. The maximum absolute atomic E-state index is 12.1. The Labute approximate surface area is 138 Å². The molecule has 24 heavy (non-hydrogen) atoms. The largest absolute Gasteiger partial charge is 0.478 e. The summed E-state index contributed by atoms with van der Waals surface area (Å²) in [5, 5.41) is 17.3. The highest BCUT2D eigenvalue weighted by molar-refractivity contribution is 6.03. The van der Waals surface area contributed by atoms with Crippen molar-refractivity contribution in [1.29, 1.82) is 0 Å². The molecule has 2 aromatic heterocycles. The van der Waals surface area contributed by atoms with E-state index >= 15 is 0 Å². The highest BCUT2D eigenvalue weighted by atomic mass is 16.5. The molecule has 0 aromatic carbocycles. The van der Waals surface area contributed by atoms with Crippen LogP contribution in [0, 0.1) is 6.92 Å². The molecule has 1 aliphatic rings. The number of carbonyl (C=O) groups excluding carboxylic acids is 1. The zero-order chi connectivity index (χ0) is 17.3. The Morgan fingerprint density at radius 3 is 2.83 bits per heavy atom. The topological polar surface area (TPSA) is 106 Å². The van der Waals surface area contributed by atoms with Gasteiger partial charge in [-0.1, -0.05) is 0 Å². The molecule has 1 aliphatic carbocycles. The molecule has 0 unspecified atom stereocenters. The predicted molar refractivity (Wildman–Crippen MR) is 86.1 cm³/mol. The third-order valence-corrected chi connectivity index (χ3v) is 3.97. The van der Waals surface area contributed by atoms with Crippen molar-refractivity contribution in [1.82, 2.24) is 20.1 Å². The molecule has 0 atom stereocenters. The highest BCUT2D eigenvalue weighted by Crippen LogP contribution is 2.43. The normalized spacial score (nSPS) is 14.1. The van der Waals surface area contributed by atoms with Crippen LogP contribution in [-0.4, -0.2) is 52.0 Å². The Morgan fingerprint density at radius 1 is 1.46 bits per heavy atom. The number of aryl methyl sites for hydroxylation is 1. The van der Waals surface area contributed by atoms with Gasteiger partial charge in [0, 0.05) is 25.3 Å². The van der Waals surface area contributed by atoms with E-state index in [0.29, 0.717) is 29.9 Å². The number of aromatic carboxylic acids is 1. The first-order valence-electron chi connectivity index (χ1n) is 7.88. The first-order valence-corrected chi connectivity index (χ1v) is 7.88. The maximum Gasteiger partial charge on any atom is 0.336 e. The summed E-state index contributed by atoms with van der Waals surface area (Å²) in [6.45, 7) is 2.58. The third-order valence-electron chi connectivity index (χ3n) is 3.97. The van der Waals surface area contributed by atoms with Crippen molar-refractivity contribution in [2.75, 3.05) is 20.3 Å². The van der Waals surface area contributed by atoms with Crippen LogP contribution in [-0.2, 0) is 16.1 Å². The number of carboxylic acids is 1. The summed E-state index contributed by atoms with van der Waals surface area (Å²) in [5.41, 5.74) is 1.98. The molecule has 1 fully saturated rings. The van der Waals surface area contributed by atoms with Crippen molar-refractivity contribution in [2.24, 2.45) is 0 Å². The Balaban J connectivity index is 1.99. The third kappa shape index (κ3) is 3.23. The highest BCUT2D eigenvalue weighted by Gasteiger charge is 2.32. The van der Waals surface area contributed by atoms with E-state index in [1.165, 1.54) is 4.68 Å². The molecule has 1 amide bonds. The zero-order valence-electron chi connectivity index (χ0n) is 13.7. The lowest BCUT2D eigenvalue weighted by Crippen LogP contribution is -2.30. The number of carbonyl (C=O) groups is 2. The summed E-state index contributed by atoms with van der Waals surface area (Å²) in [6, 6.07) is 1.56. The minimum atomic E-state index is -1.00. The molecule has 0 saturated heterocycles. The molecule has 0 radical (unpaired) electrons. The van der Waals surface area contributed by atoms with E-state index in [1.807, 2.05) is 0 Å². The predicted octanol–water partition coefficient (Wildman–Crippen LogP) is 1.08. The summed E-state index contributed by atoms with van der Waals surface area (Å²) in [7, 11) is 1.56. The first kappa shape index (κ1) is 16.4. The van der Waals surface area contributed by atoms with Crippen molar-refractivity contribution >= 4 is 22.9 Å². The Morgan fingerprint density at radius 2 is 2.21 bits per heavy atom. The van der Waals surface area contributed by atoms with Gasteiger partial charge in [-0.15, -0.1) is 0 Å². The van der Waals surface area contributed by atoms with Gasteiger partial charge in [-0.05, 0) is 25.8 Å². The number of aromatic nitrogens is 3. The van der Waals surface area contributed by atoms with Gasteiger partial charge in [-0.2, -0.15) is 5.10 Å². The molecular formula is C16H20N4O4. The van der Waals surface area contributed by atoms with E-state index in [2.05, 4.69) is 15.4 Å². The van der Waals surface area contributed by atoms with E-state index in [-0.39, 0.29) is 23.9 Å².